The van der Waals surface area contributed by atoms with Crippen LogP contribution in [0.2, 0.25) is 0 Å². The molecule has 0 atom stereocenters. The van der Waals surface area contributed by atoms with Crippen molar-refractivity contribution in [3.63, 3.8) is 0 Å². The van der Waals surface area contributed by atoms with Gasteiger partial charge >= 0.3 is 0 Å². The fourth-order valence-corrected chi connectivity index (χ4v) is 5.37. The van der Waals surface area contributed by atoms with Crippen LogP contribution in [0.5, 0.6) is 0 Å². The second-order valence-electron chi connectivity index (χ2n) is 7.65. The van der Waals surface area contributed by atoms with Crippen LogP contribution >= 0.6 is 0 Å². The minimum atomic E-state index is -3.77. The first-order chi connectivity index (χ1) is 13.9. The summed E-state index contributed by atoms with van der Waals surface area (Å²) in [7, 11) is -3.77. The predicted octanol–water partition coefficient (Wildman–Crippen LogP) is 1.74. The molecule has 10 heteroatoms. The second-order valence-corrected chi connectivity index (χ2v) is 9.59. The van der Waals surface area contributed by atoms with Crippen molar-refractivity contribution in [2.75, 3.05) is 32.7 Å². The maximum atomic E-state index is 12.8. The zero-order valence-electron chi connectivity index (χ0n) is 16.5. The van der Waals surface area contributed by atoms with Crippen LogP contribution in [-0.4, -0.2) is 67.2 Å². The Kier molecular flexibility index (Phi) is 7.20. The van der Waals surface area contributed by atoms with Gasteiger partial charge in [-0.25, -0.2) is 8.42 Å². The molecule has 1 amide bonds. The van der Waals surface area contributed by atoms with Crippen LogP contribution in [0, 0.1) is 10.1 Å². The molecule has 160 valence electrons. The quantitative estimate of drug-likeness (QED) is 0.527. The number of rotatable bonds is 7. The molecule has 1 aliphatic carbocycles. The van der Waals surface area contributed by atoms with Crippen LogP contribution in [-0.2, 0) is 14.8 Å². The fraction of sp³-hybridized carbons (Fsp3) is 0.632. The highest BCUT2D eigenvalue weighted by Crippen LogP contribution is 2.22. The Morgan fingerprint density at radius 1 is 1.14 bits per heavy atom. The largest absolute Gasteiger partial charge is 0.353 e. The maximum Gasteiger partial charge on any atom is 0.270 e. The third-order valence-electron chi connectivity index (χ3n) is 5.62. The number of piperazine rings is 1. The van der Waals surface area contributed by atoms with Gasteiger partial charge in [-0.15, -0.1) is 0 Å². The predicted molar refractivity (Wildman–Crippen MR) is 108 cm³/mol. The van der Waals surface area contributed by atoms with Gasteiger partial charge < -0.3 is 10.2 Å². The van der Waals surface area contributed by atoms with Gasteiger partial charge in [0.1, 0.15) is 0 Å². The van der Waals surface area contributed by atoms with E-state index in [-0.39, 0.29) is 16.5 Å². The van der Waals surface area contributed by atoms with Crippen LogP contribution in [0.25, 0.3) is 0 Å². The van der Waals surface area contributed by atoms with Crippen LogP contribution in [0.15, 0.2) is 29.2 Å². The average molecular weight is 425 g/mol. The van der Waals surface area contributed by atoms with Crippen molar-refractivity contribution < 1.29 is 18.1 Å². The lowest BCUT2D eigenvalue weighted by atomic mass is 9.95. The van der Waals surface area contributed by atoms with E-state index in [4.69, 9.17) is 0 Å². The molecule has 1 heterocycles. The van der Waals surface area contributed by atoms with Crippen molar-refractivity contribution in [2.45, 2.75) is 49.5 Å². The summed E-state index contributed by atoms with van der Waals surface area (Å²) in [5, 5.41) is 14.0. The molecule has 9 nitrogen and oxygen atoms in total. The smallest absolute Gasteiger partial charge is 0.270 e. The highest BCUT2D eigenvalue weighted by atomic mass is 32.2. The van der Waals surface area contributed by atoms with E-state index < -0.39 is 14.9 Å². The normalized spacial score (nSPS) is 19.7. The Morgan fingerprint density at radius 3 is 2.48 bits per heavy atom. The standard InChI is InChI=1S/C19H28N4O5S/c24-19(20-16-5-2-1-3-6-16)9-10-21-11-13-22(14-12-21)29(27,28)18-8-4-7-17(15-18)23(25)26/h4,7-8,15-16H,1-3,5-6,9-14H2,(H,20,24). The van der Waals surface area contributed by atoms with E-state index in [2.05, 4.69) is 10.2 Å². The number of nitro groups is 1. The van der Waals surface area contributed by atoms with Crippen molar-refractivity contribution in [2.24, 2.45) is 0 Å². The summed E-state index contributed by atoms with van der Waals surface area (Å²) >= 11 is 0. The number of benzene rings is 1. The highest BCUT2D eigenvalue weighted by molar-refractivity contribution is 7.89. The zero-order chi connectivity index (χ0) is 20.9. The van der Waals surface area contributed by atoms with Crippen LogP contribution in [0.1, 0.15) is 38.5 Å². The number of nitrogens with zero attached hydrogens (tertiary/aromatic N) is 3. The highest BCUT2D eigenvalue weighted by Gasteiger charge is 2.29. The summed E-state index contributed by atoms with van der Waals surface area (Å²) in [6.45, 7) is 2.27. The lowest BCUT2D eigenvalue weighted by molar-refractivity contribution is -0.385. The molecular formula is C19H28N4O5S. The molecule has 0 unspecified atom stereocenters. The molecule has 1 aromatic carbocycles. The average Bonchev–Trinajstić information content (AvgIpc) is 2.73. The molecule has 0 radical (unpaired) electrons. The fourth-order valence-electron chi connectivity index (χ4n) is 3.91. The molecule has 1 saturated carbocycles. The van der Waals surface area contributed by atoms with E-state index in [0.717, 1.165) is 18.9 Å². The number of amides is 1. The first kappa shape index (κ1) is 21.7. The molecule has 1 aliphatic heterocycles. The lowest BCUT2D eigenvalue weighted by Gasteiger charge is -2.34. The Hall–Kier alpha value is -2.04. The van der Waals surface area contributed by atoms with Gasteiger partial charge in [0, 0.05) is 57.3 Å². The number of non-ortho nitro benzene ring substituents is 1. The number of hydrogen-bond donors (Lipinski definition) is 1. The Morgan fingerprint density at radius 2 is 1.83 bits per heavy atom. The van der Waals surface area contributed by atoms with Crippen LogP contribution in [0.3, 0.4) is 0 Å². The van der Waals surface area contributed by atoms with Crippen molar-refractivity contribution in [1.82, 2.24) is 14.5 Å². The summed E-state index contributed by atoms with van der Waals surface area (Å²) in [4.78, 5) is 24.5. The Balaban J connectivity index is 1.47. The Bertz CT molecular complexity index is 831. The van der Waals surface area contributed by atoms with Gasteiger partial charge in [0.25, 0.3) is 5.69 Å². The number of carbonyl (C=O) groups excluding carboxylic acids is 1. The maximum absolute atomic E-state index is 12.8. The zero-order valence-corrected chi connectivity index (χ0v) is 17.3. The summed E-state index contributed by atoms with van der Waals surface area (Å²) in [5.41, 5.74) is -0.242. The molecule has 29 heavy (non-hydrogen) atoms. The van der Waals surface area contributed by atoms with Gasteiger partial charge in [0.2, 0.25) is 15.9 Å². The van der Waals surface area contributed by atoms with Gasteiger partial charge in [0.05, 0.1) is 9.82 Å². The lowest BCUT2D eigenvalue weighted by Crippen LogP contribution is -2.49. The van der Waals surface area contributed by atoms with Gasteiger partial charge in [-0.1, -0.05) is 25.3 Å². The molecule has 2 aliphatic rings. The van der Waals surface area contributed by atoms with E-state index in [0.29, 0.717) is 45.2 Å². The topological polar surface area (TPSA) is 113 Å². The third-order valence-corrected chi connectivity index (χ3v) is 7.52. The third kappa shape index (κ3) is 5.74. The van der Waals surface area contributed by atoms with Crippen molar-refractivity contribution in [3.8, 4) is 0 Å². The molecule has 1 saturated heterocycles. The van der Waals surface area contributed by atoms with Gasteiger partial charge in [0.15, 0.2) is 0 Å². The van der Waals surface area contributed by atoms with Crippen molar-refractivity contribution in [1.29, 1.82) is 0 Å². The van der Waals surface area contributed by atoms with E-state index >= 15 is 0 Å². The van der Waals surface area contributed by atoms with E-state index in [9.17, 15) is 23.3 Å². The van der Waals surface area contributed by atoms with Crippen molar-refractivity contribution in [3.05, 3.63) is 34.4 Å². The van der Waals surface area contributed by atoms with Gasteiger partial charge in [-0.2, -0.15) is 4.31 Å². The molecule has 1 aromatic rings. The van der Waals surface area contributed by atoms with Crippen LogP contribution < -0.4 is 5.32 Å². The number of nitrogens with one attached hydrogen (secondary N) is 1. The minimum absolute atomic E-state index is 0.0588. The molecule has 3 rings (SSSR count). The van der Waals surface area contributed by atoms with E-state index in [1.54, 1.807) is 0 Å². The number of carbonyl (C=O) groups is 1. The summed E-state index contributed by atoms with van der Waals surface area (Å²) in [5.74, 6) is 0.0588. The SMILES string of the molecule is O=C(CCN1CCN(S(=O)(=O)c2cccc([N+](=O)[O-])c2)CC1)NC1CCCCC1. The van der Waals surface area contributed by atoms with Gasteiger partial charge in [-0.3, -0.25) is 14.9 Å². The first-order valence-corrected chi connectivity index (χ1v) is 11.6. The molecule has 1 N–H and O–H groups in total. The van der Waals surface area contributed by atoms with Gasteiger partial charge in [-0.05, 0) is 18.9 Å². The first-order valence-electron chi connectivity index (χ1n) is 10.1. The minimum Gasteiger partial charge on any atom is -0.353 e. The molecule has 0 bridgehead atoms. The summed E-state index contributed by atoms with van der Waals surface area (Å²) in [6, 6.07) is 5.43. The van der Waals surface area contributed by atoms with Crippen molar-refractivity contribution >= 4 is 21.6 Å². The Labute approximate surface area is 171 Å². The molecule has 2 fully saturated rings. The van der Waals surface area contributed by atoms with E-state index in [1.165, 1.54) is 41.8 Å². The monoisotopic (exact) mass is 424 g/mol. The summed E-state index contributed by atoms with van der Waals surface area (Å²) < 4.78 is 26.9. The van der Waals surface area contributed by atoms with Crippen LogP contribution in [0.4, 0.5) is 5.69 Å². The number of hydrogen-bond acceptors (Lipinski definition) is 6. The molecule has 0 aromatic heterocycles. The molecule has 0 spiro atoms. The second kappa shape index (κ2) is 9.64. The number of nitro benzene ring substituents is 1. The van der Waals surface area contributed by atoms with E-state index in [1.807, 2.05) is 0 Å². The number of sulfonamides is 1. The molecular weight excluding hydrogens is 396 g/mol. The summed E-state index contributed by atoms with van der Waals surface area (Å²) in [6.07, 6.45) is 6.11.